The van der Waals surface area contributed by atoms with Crippen LogP contribution in [-0.4, -0.2) is 25.0 Å². The molecule has 4 rings (SSSR count). The van der Waals surface area contributed by atoms with Crippen LogP contribution in [0.5, 0.6) is 5.75 Å². The van der Waals surface area contributed by atoms with Gasteiger partial charge >= 0.3 is 0 Å². The van der Waals surface area contributed by atoms with Crippen molar-refractivity contribution in [3.05, 3.63) is 69.9 Å². The maximum atomic E-state index is 12.1. The Balaban J connectivity index is 1.68. The van der Waals surface area contributed by atoms with Gasteiger partial charge in [-0.15, -0.1) is 0 Å². The third-order valence-corrected chi connectivity index (χ3v) is 5.01. The molecule has 28 heavy (non-hydrogen) atoms. The number of hydrogen-bond donors (Lipinski definition) is 2. The average molecular weight is 374 g/mol. The number of nitrogens with one attached hydrogen (secondary N) is 1. The van der Waals surface area contributed by atoms with Gasteiger partial charge in [0.15, 0.2) is 5.65 Å². The summed E-state index contributed by atoms with van der Waals surface area (Å²) in [6.45, 7) is 6.02. The largest absolute Gasteiger partial charge is 0.506 e. The van der Waals surface area contributed by atoms with Crippen molar-refractivity contribution in [2.45, 2.75) is 39.0 Å². The SMILES string of the molecule is CC(C)c1cc2cc(CC(C)c3nc4ncccc4cc3O)cnc2[nH]c1=O. The van der Waals surface area contributed by atoms with Crippen molar-refractivity contribution in [3.63, 3.8) is 0 Å². The molecule has 6 nitrogen and oxygen atoms in total. The molecule has 4 aromatic heterocycles. The van der Waals surface area contributed by atoms with Gasteiger partial charge in [-0.1, -0.05) is 20.8 Å². The van der Waals surface area contributed by atoms with Crippen LogP contribution >= 0.6 is 0 Å². The third-order valence-electron chi connectivity index (χ3n) is 5.01. The molecule has 0 aliphatic heterocycles. The monoisotopic (exact) mass is 374 g/mol. The van der Waals surface area contributed by atoms with Crippen LogP contribution in [0.15, 0.2) is 47.5 Å². The number of rotatable bonds is 4. The second-order valence-corrected chi connectivity index (χ2v) is 7.54. The van der Waals surface area contributed by atoms with Crippen LogP contribution in [0.3, 0.4) is 0 Å². The van der Waals surface area contributed by atoms with E-state index in [1.807, 2.05) is 45.0 Å². The zero-order valence-electron chi connectivity index (χ0n) is 16.1. The first-order valence-corrected chi connectivity index (χ1v) is 9.39. The van der Waals surface area contributed by atoms with E-state index >= 15 is 0 Å². The van der Waals surface area contributed by atoms with Gasteiger partial charge in [0.2, 0.25) is 0 Å². The van der Waals surface area contributed by atoms with Gasteiger partial charge in [0.1, 0.15) is 11.4 Å². The van der Waals surface area contributed by atoms with E-state index in [1.54, 1.807) is 18.5 Å². The van der Waals surface area contributed by atoms with Gasteiger partial charge in [-0.05, 0) is 48.2 Å². The molecule has 6 heteroatoms. The lowest BCUT2D eigenvalue weighted by Gasteiger charge is -2.14. The predicted molar refractivity (Wildman–Crippen MR) is 110 cm³/mol. The van der Waals surface area contributed by atoms with Gasteiger partial charge in [-0.2, -0.15) is 0 Å². The van der Waals surface area contributed by atoms with Crippen LogP contribution in [0.1, 0.15) is 49.4 Å². The number of nitrogens with zero attached hydrogens (tertiary/aromatic N) is 3. The standard InChI is InChI=1S/C22H22N4O2/c1-12(2)17-9-16-8-14(11-24-21(16)26-22(17)28)7-13(3)19-18(27)10-15-5-4-6-23-20(15)25-19/h4-6,8-13,27H,7H2,1-3H3,(H,24,26,28). The molecule has 0 aromatic carbocycles. The first-order valence-electron chi connectivity index (χ1n) is 9.39. The first-order chi connectivity index (χ1) is 13.4. The zero-order valence-corrected chi connectivity index (χ0v) is 16.1. The highest BCUT2D eigenvalue weighted by atomic mass is 16.3. The number of aromatic nitrogens is 4. The summed E-state index contributed by atoms with van der Waals surface area (Å²) < 4.78 is 0. The van der Waals surface area contributed by atoms with Gasteiger partial charge < -0.3 is 10.1 Å². The fraction of sp³-hybridized carbons (Fsp3) is 0.273. The lowest BCUT2D eigenvalue weighted by atomic mass is 9.96. The van der Waals surface area contributed by atoms with Gasteiger partial charge in [0.05, 0.1) is 5.69 Å². The Kier molecular flexibility index (Phi) is 4.55. The number of aromatic hydroxyl groups is 1. The maximum Gasteiger partial charge on any atom is 0.253 e. The Labute approximate surface area is 162 Å². The molecule has 1 atom stereocenters. The molecule has 0 bridgehead atoms. The fourth-order valence-corrected chi connectivity index (χ4v) is 3.52. The molecule has 0 aliphatic rings. The van der Waals surface area contributed by atoms with Crippen LogP contribution in [-0.2, 0) is 6.42 Å². The summed E-state index contributed by atoms with van der Waals surface area (Å²) in [5.41, 5.74) is 3.51. The summed E-state index contributed by atoms with van der Waals surface area (Å²) in [6.07, 6.45) is 4.12. The molecule has 2 N–H and O–H groups in total. The Morgan fingerprint density at radius 3 is 2.71 bits per heavy atom. The van der Waals surface area contributed by atoms with Gasteiger partial charge in [0.25, 0.3) is 5.56 Å². The van der Waals surface area contributed by atoms with E-state index in [2.05, 4.69) is 19.9 Å². The predicted octanol–water partition coefficient (Wildman–Crippen LogP) is 4.04. The molecule has 0 spiro atoms. The van der Waals surface area contributed by atoms with Crippen LogP contribution in [0.25, 0.3) is 22.1 Å². The van der Waals surface area contributed by atoms with Gasteiger partial charge in [0, 0.05) is 34.6 Å². The Hall–Kier alpha value is -3.28. The second kappa shape index (κ2) is 7.03. The lowest BCUT2D eigenvalue weighted by molar-refractivity contribution is 0.458. The number of hydrogen-bond acceptors (Lipinski definition) is 5. The van der Waals surface area contributed by atoms with Crippen molar-refractivity contribution < 1.29 is 5.11 Å². The highest BCUT2D eigenvalue weighted by Crippen LogP contribution is 2.29. The number of aromatic amines is 1. The second-order valence-electron chi connectivity index (χ2n) is 7.54. The third kappa shape index (κ3) is 3.33. The minimum Gasteiger partial charge on any atom is -0.506 e. The van der Waals surface area contributed by atoms with Crippen molar-refractivity contribution in [2.75, 3.05) is 0 Å². The Bertz CT molecular complexity index is 1230. The van der Waals surface area contributed by atoms with Crippen molar-refractivity contribution in [1.82, 2.24) is 19.9 Å². The van der Waals surface area contributed by atoms with E-state index in [0.29, 0.717) is 23.4 Å². The molecule has 0 saturated heterocycles. The molecule has 0 aliphatic carbocycles. The zero-order chi connectivity index (χ0) is 19.8. The molecule has 0 fully saturated rings. The maximum absolute atomic E-state index is 12.1. The van der Waals surface area contributed by atoms with E-state index in [1.165, 1.54) is 0 Å². The molecule has 0 amide bonds. The number of fused-ring (bicyclic) bond motifs is 2. The van der Waals surface area contributed by atoms with Crippen LogP contribution < -0.4 is 5.56 Å². The summed E-state index contributed by atoms with van der Waals surface area (Å²) in [7, 11) is 0. The van der Waals surface area contributed by atoms with E-state index < -0.39 is 0 Å². The molecule has 142 valence electrons. The summed E-state index contributed by atoms with van der Waals surface area (Å²) >= 11 is 0. The summed E-state index contributed by atoms with van der Waals surface area (Å²) in [5, 5.41) is 12.1. The van der Waals surface area contributed by atoms with E-state index in [-0.39, 0.29) is 23.1 Å². The van der Waals surface area contributed by atoms with Crippen LogP contribution in [0, 0.1) is 0 Å². The average Bonchev–Trinajstić information content (AvgIpc) is 2.66. The van der Waals surface area contributed by atoms with E-state index in [4.69, 9.17) is 0 Å². The topological polar surface area (TPSA) is 91.8 Å². The normalized spacial score (nSPS) is 12.7. The first kappa shape index (κ1) is 18.1. The summed E-state index contributed by atoms with van der Waals surface area (Å²) in [4.78, 5) is 28.2. The van der Waals surface area contributed by atoms with Gasteiger partial charge in [-0.25, -0.2) is 15.0 Å². The van der Waals surface area contributed by atoms with Crippen molar-refractivity contribution in [3.8, 4) is 5.75 Å². The quantitative estimate of drug-likeness (QED) is 0.562. The van der Waals surface area contributed by atoms with Crippen LogP contribution in [0.4, 0.5) is 0 Å². The molecule has 0 radical (unpaired) electrons. The highest BCUT2D eigenvalue weighted by Gasteiger charge is 2.16. The minimum absolute atomic E-state index is 0.0158. The molecule has 0 saturated carbocycles. The lowest BCUT2D eigenvalue weighted by Crippen LogP contribution is -2.14. The number of pyridine rings is 4. The summed E-state index contributed by atoms with van der Waals surface area (Å²) in [5.74, 6) is 0.299. The molecular weight excluding hydrogens is 352 g/mol. The number of H-pyrrole nitrogens is 1. The van der Waals surface area contributed by atoms with Crippen LogP contribution in [0.2, 0.25) is 0 Å². The van der Waals surface area contributed by atoms with Crippen molar-refractivity contribution >= 4 is 22.1 Å². The van der Waals surface area contributed by atoms with E-state index in [9.17, 15) is 9.90 Å². The minimum atomic E-state index is -0.0890. The van der Waals surface area contributed by atoms with E-state index in [0.717, 1.165) is 21.9 Å². The molecular formula is C22H22N4O2. The Morgan fingerprint density at radius 1 is 1.11 bits per heavy atom. The molecule has 4 heterocycles. The molecule has 4 aromatic rings. The fourth-order valence-electron chi connectivity index (χ4n) is 3.52. The van der Waals surface area contributed by atoms with Crippen molar-refractivity contribution in [2.24, 2.45) is 0 Å². The smallest absolute Gasteiger partial charge is 0.253 e. The highest BCUT2D eigenvalue weighted by molar-refractivity contribution is 5.77. The Morgan fingerprint density at radius 2 is 1.93 bits per heavy atom. The van der Waals surface area contributed by atoms with Gasteiger partial charge in [-0.3, -0.25) is 4.79 Å². The van der Waals surface area contributed by atoms with Crippen molar-refractivity contribution in [1.29, 1.82) is 0 Å². The molecule has 1 unspecified atom stereocenters. The summed E-state index contributed by atoms with van der Waals surface area (Å²) in [6, 6.07) is 9.36.